The van der Waals surface area contributed by atoms with Gasteiger partial charge in [-0.05, 0) is 0 Å². The van der Waals surface area contributed by atoms with Gasteiger partial charge in [-0.3, -0.25) is 0 Å². The van der Waals surface area contributed by atoms with Crippen molar-refractivity contribution in [1.82, 2.24) is 0 Å². The van der Waals surface area contributed by atoms with Crippen molar-refractivity contribution in [2.24, 2.45) is 0 Å². The molecule has 0 aromatic heterocycles. The SMILES string of the molecule is ClCCCCC(Cl)[CH2][Co]. The molecule has 0 aromatic carbocycles. The van der Waals surface area contributed by atoms with Crippen molar-refractivity contribution in [3.8, 4) is 0 Å². The van der Waals surface area contributed by atoms with Crippen LogP contribution in [-0.2, 0) is 15.7 Å². The normalized spacial score (nSPS) is 13.8. The molecule has 0 amide bonds. The number of unbranched alkanes of at least 4 members (excludes halogenated alkanes) is 1. The minimum absolute atomic E-state index is 0.230. The van der Waals surface area contributed by atoms with Crippen molar-refractivity contribution < 1.29 is 15.7 Å². The van der Waals surface area contributed by atoms with Crippen LogP contribution >= 0.6 is 23.2 Å². The topological polar surface area (TPSA) is 0 Å². The molecule has 58 valence electrons. The third-order valence-corrected chi connectivity index (χ3v) is 2.42. The number of rotatable bonds is 5. The van der Waals surface area contributed by atoms with Gasteiger partial charge in [0, 0.05) is 0 Å². The molecule has 0 spiro atoms. The van der Waals surface area contributed by atoms with Crippen molar-refractivity contribution in [3.63, 3.8) is 0 Å². The number of halogens is 2. The van der Waals surface area contributed by atoms with Gasteiger partial charge >= 0.3 is 74.8 Å². The zero-order valence-corrected chi connectivity index (χ0v) is 7.76. The summed E-state index contributed by atoms with van der Waals surface area (Å²) in [7, 11) is 0. The van der Waals surface area contributed by atoms with E-state index in [1.807, 2.05) is 0 Å². The summed E-state index contributed by atoms with van der Waals surface area (Å²) < 4.78 is 0. The zero-order chi connectivity index (χ0) is 7.11. The van der Waals surface area contributed by atoms with Crippen LogP contribution in [0.25, 0.3) is 0 Å². The van der Waals surface area contributed by atoms with Crippen molar-refractivity contribution in [3.05, 3.63) is 0 Å². The molecule has 0 saturated carbocycles. The number of alkyl halides is 2. The molecular formula is C6H11Cl2Co. The predicted molar refractivity (Wildman–Crippen MR) is 39.0 cm³/mol. The van der Waals surface area contributed by atoms with Gasteiger partial charge in [0.25, 0.3) is 0 Å². The Bertz CT molecular complexity index is 59.0. The predicted octanol–water partition coefficient (Wildman–Crippen LogP) is 2.97. The van der Waals surface area contributed by atoms with Gasteiger partial charge in [-0.1, -0.05) is 0 Å². The second-order valence-electron chi connectivity index (χ2n) is 1.92. The Kier molecular flexibility index (Phi) is 8.07. The van der Waals surface area contributed by atoms with Crippen LogP contribution in [0.5, 0.6) is 0 Å². The van der Waals surface area contributed by atoms with Crippen molar-refractivity contribution >= 4 is 23.2 Å². The molecular weight excluding hydrogens is 202 g/mol. The molecule has 0 nitrogen and oxygen atoms in total. The Labute approximate surface area is 74.9 Å². The van der Waals surface area contributed by atoms with Gasteiger partial charge in [0.1, 0.15) is 0 Å². The van der Waals surface area contributed by atoms with Crippen LogP contribution < -0.4 is 0 Å². The molecule has 0 rings (SSSR count). The minimum atomic E-state index is 0.230. The van der Waals surface area contributed by atoms with Gasteiger partial charge in [0.2, 0.25) is 0 Å². The van der Waals surface area contributed by atoms with Crippen LogP contribution in [0, 0.1) is 0 Å². The molecule has 1 atom stereocenters. The van der Waals surface area contributed by atoms with Crippen LogP contribution in [0.1, 0.15) is 19.3 Å². The quantitative estimate of drug-likeness (QED) is 0.486. The molecule has 9 heavy (non-hydrogen) atoms. The van der Waals surface area contributed by atoms with Gasteiger partial charge in [0.05, 0.1) is 0 Å². The van der Waals surface area contributed by atoms with Gasteiger partial charge in [0.15, 0.2) is 0 Å². The molecule has 0 heterocycles. The van der Waals surface area contributed by atoms with Gasteiger partial charge in [-0.2, -0.15) is 0 Å². The second kappa shape index (κ2) is 7.20. The summed E-state index contributed by atoms with van der Waals surface area (Å²) in [5, 5.41) is 0.991. The molecule has 1 unspecified atom stereocenters. The van der Waals surface area contributed by atoms with Crippen molar-refractivity contribution in [2.75, 3.05) is 5.88 Å². The van der Waals surface area contributed by atoms with Crippen LogP contribution in [0.2, 0.25) is 5.36 Å². The number of hydrogen-bond acceptors (Lipinski definition) is 0. The van der Waals surface area contributed by atoms with E-state index in [1.54, 1.807) is 0 Å². The molecule has 3 heteroatoms. The summed E-state index contributed by atoms with van der Waals surface area (Å²) in [6.45, 7) is 0. The molecule has 0 fully saturated rings. The summed E-state index contributed by atoms with van der Waals surface area (Å²) in [6, 6.07) is 0. The first kappa shape index (κ1) is 10.1. The average Bonchev–Trinajstić information content (AvgIpc) is 1.89. The van der Waals surface area contributed by atoms with E-state index in [9.17, 15) is 0 Å². The summed E-state index contributed by atoms with van der Waals surface area (Å²) in [4.78, 5) is 0. The van der Waals surface area contributed by atoms with E-state index in [0.717, 1.165) is 30.5 Å². The summed E-state index contributed by atoms with van der Waals surface area (Å²) in [5.74, 6) is 0.746. The zero-order valence-electron chi connectivity index (χ0n) is 5.20. The van der Waals surface area contributed by atoms with Gasteiger partial charge < -0.3 is 0 Å². The fourth-order valence-corrected chi connectivity index (χ4v) is 1.08. The third kappa shape index (κ3) is 6.98. The second-order valence-corrected chi connectivity index (χ2v) is 3.34. The van der Waals surface area contributed by atoms with Crippen LogP contribution in [0.4, 0.5) is 0 Å². The molecule has 0 aromatic rings. The monoisotopic (exact) mass is 212 g/mol. The molecule has 0 radical (unpaired) electrons. The average molecular weight is 213 g/mol. The Morgan fingerprint density at radius 2 is 2.00 bits per heavy atom. The molecule has 0 bridgehead atoms. The van der Waals surface area contributed by atoms with E-state index in [0.29, 0.717) is 0 Å². The van der Waals surface area contributed by atoms with Crippen LogP contribution in [0.15, 0.2) is 0 Å². The first-order chi connectivity index (χ1) is 4.31. The van der Waals surface area contributed by atoms with Crippen LogP contribution in [0.3, 0.4) is 0 Å². The van der Waals surface area contributed by atoms with Gasteiger partial charge in [-0.25, -0.2) is 0 Å². The van der Waals surface area contributed by atoms with E-state index in [4.69, 9.17) is 23.2 Å². The van der Waals surface area contributed by atoms with E-state index in [1.165, 1.54) is 0 Å². The fourth-order valence-electron chi connectivity index (χ4n) is 0.528. The van der Waals surface area contributed by atoms with E-state index in [2.05, 4.69) is 15.7 Å². The van der Waals surface area contributed by atoms with Crippen molar-refractivity contribution in [1.29, 1.82) is 0 Å². The molecule has 0 aliphatic rings. The molecule has 0 aliphatic carbocycles. The third-order valence-electron chi connectivity index (χ3n) is 1.05. The first-order valence-electron chi connectivity index (χ1n) is 3.04. The molecule has 0 N–H and O–H groups in total. The molecule has 0 aliphatic heterocycles. The van der Waals surface area contributed by atoms with Crippen LogP contribution in [-0.4, -0.2) is 11.3 Å². The Morgan fingerprint density at radius 3 is 2.44 bits per heavy atom. The van der Waals surface area contributed by atoms with Gasteiger partial charge in [-0.15, -0.1) is 0 Å². The Morgan fingerprint density at radius 1 is 1.33 bits per heavy atom. The summed E-state index contributed by atoms with van der Waals surface area (Å²) in [5.41, 5.74) is 0. The maximum absolute atomic E-state index is 5.78. The van der Waals surface area contributed by atoms with E-state index < -0.39 is 0 Å². The van der Waals surface area contributed by atoms with E-state index >= 15 is 0 Å². The van der Waals surface area contributed by atoms with Crippen molar-refractivity contribution in [2.45, 2.75) is 30.0 Å². The maximum atomic E-state index is 5.78. The Balaban J connectivity index is 2.88. The standard InChI is InChI=1S/C6H11Cl2.Co/c1-6(8)4-2-3-5-7;/h6H,1-5H2;. The summed E-state index contributed by atoms with van der Waals surface area (Å²) >= 11 is 15.3. The fraction of sp³-hybridized carbons (Fsp3) is 1.00. The summed E-state index contributed by atoms with van der Waals surface area (Å²) in [6.07, 6.45) is 3.23. The number of hydrogen-bond donors (Lipinski definition) is 0. The molecule has 0 saturated heterocycles. The first-order valence-corrected chi connectivity index (χ1v) is 4.74. The Hall–Kier alpha value is 1.09. The van der Waals surface area contributed by atoms with E-state index in [-0.39, 0.29) is 5.38 Å².